The van der Waals surface area contributed by atoms with Crippen molar-refractivity contribution in [2.24, 2.45) is 0 Å². The second kappa shape index (κ2) is 7.16. The Hall–Kier alpha value is -1.84. The van der Waals surface area contributed by atoms with Crippen molar-refractivity contribution >= 4 is 17.6 Å². The lowest BCUT2D eigenvalue weighted by Crippen LogP contribution is -2.25. The summed E-state index contributed by atoms with van der Waals surface area (Å²) >= 11 is 0. The smallest absolute Gasteiger partial charge is 0.414 e. The highest BCUT2D eigenvalue weighted by atomic mass is 16.6. The number of carbonyl (C=O) groups excluding carboxylic acids is 2. The molecular formula is C19H25NO3. The van der Waals surface area contributed by atoms with Gasteiger partial charge in [-0.3, -0.25) is 9.69 Å². The van der Waals surface area contributed by atoms with Gasteiger partial charge in [0.1, 0.15) is 6.10 Å². The van der Waals surface area contributed by atoms with Gasteiger partial charge in [-0.25, -0.2) is 4.79 Å². The predicted molar refractivity (Wildman–Crippen MR) is 90.1 cm³/mol. The summed E-state index contributed by atoms with van der Waals surface area (Å²) in [6, 6.07) is 5.80. The molecule has 4 heteroatoms. The lowest BCUT2D eigenvalue weighted by Gasteiger charge is -2.19. The van der Waals surface area contributed by atoms with Gasteiger partial charge in [0.2, 0.25) is 0 Å². The van der Waals surface area contributed by atoms with Crippen LogP contribution in [0.4, 0.5) is 10.5 Å². The van der Waals surface area contributed by atoms with Gasteiger partial charge in [0.25, 0.3) is 0 Å². The van der Waals surface area contributed by atoms with Gasteiger partial charge in [-0.15, -0.1) is 0 Å². The molecule has 124 valence electrons. The number of hydrogen-bond acceptors (Lipinski definition) is 3. The van der Waals surface area contributed by atoms with Crippen molar-refractivity contribution in [3.63, 3.8) is 0 Å². The fourth-order valence-electron chi connectivity index (χ4n) is 3.47. The molecule has 0 radical (unpaired) electrons. The van der Waals surface area contributed by atoms with E-state index >= 15 is 0 Å². The molecule has 1 fully saturated rings. The van der Waals surface area contributed by atoms with E-state index in [-0.39, 0.29) is 18.0 Å². The van der Waals surface area contributed by atoms with Gasteiger partial charge in [0.05, 0.1) is 6.54 Å². The Balaban J connectivity index is 1.66. The number of aryl methyl sites for hydroxylation is 1. The SMILES string of the molecule is CCCCCC[C@H]1CN(c2ccc3c(c2)C(=O)CCC3)C(=O)O1. The van der Waals surface area contributed by atoms with E-state index < -0.39 is 0 Å². The summed E-state index contributed by atoms with van der Waals surface area (Å²) in [4.78, 5) is 25.9. The third-order valence-electron chi connectivity index (χ3n) is 4.81. The van der Waals surface area contributed by atoms with Gasteiger partial charge in [0.15, 0.2) is 5.78 Å². The van der Waals surface area contributed by atoms with Crippen molar-refractivity contribution in [2.75, 3.05) is 11.4 Å². The van der Waals surface area contributed by atoms with E-state index in [1.807, 2.05) is 18.2 Å². The lowest BCUT2D eigenvalue weighted by molar-refractivity contribution is 0.0972. The molecule has 3 rings (SSSR count). The number of rotatable bonds is 6. The van der Waals surface area contributed by atoms with Crippen LogP contribution in [0.15, 0.2) is 18.2 Å². The molecule has 1 aliphatic carbocycles. The van der Waals surface area contributed by atoms with Crippen molar-refractivity contribution in [3.05, 3.63) is 29.3 Å². The van der Waals surface area contributed by atoms with Crippen LogP contribution in [-0.2, 0) is 11.2 Å². The quantitative estimate of drug-likeness (QED) is 0.726. The topological polar surface area (TPSA) is 46.6 Å². The second-order valence-corrected chi connectivity index (χ2v) is 6.58. The minimum atomic E-state index is -0.284. The largest absolute Gasteiger partial charge is 0.444 e. The van der Waals surface area contributed by atoms with Crippen LogP contribution in [0.25, 0.3) is 0 Å². The van der Waals surface area contributed by atoms with E-state index in [1.54, 1.807) is 4.90 Å². The van der Waals surface area contributed by atoms with Crippen molar-refractivity contribution in [1.29, 1.82) is 0 Å². The number of fused-ring (bicyclic) bond motifs is 1. The third kappa shape index (κ3) is 3.57. The van der Waals surface area contributed by atoms with Crippen LogP contribution < -0.4 is 4.90 Å². The van der Waals surface area contributed by atoms with E-state index in [0.29, 0.717) is 13.0 Å². The highest BCUT2D eigenvalue weighted by Crippen LogP contribution is 2.29. The summed E-state index contributed by atoms with van der Waals surface area (Å²) in [5.74, 6) is 0.191. The Bertz CT molecular complexity index is 596. The number of carbonyl (C=O) groups is 2. The highest BCUT2D eigenvalue weighted by molar-refractivity contribution is 6.00. The zero-order chi connectivity index (χ0) is 16.2. The van der Waals surface area contributed by atoms with Crippen LogP contribution in [0.2, 0.25) is 0 Å². The summed E-state index contributed by atoms with van der Waals surface area (Å²) < 4.78 is 5.48. The van der Waals surface area contributed by atoms with E-state index in [9.17, 15) is 9.59 Å². The Morgan fingerprint density at radius 3 is 2.87 bits per heavy atom. The van der Waals surface area contributed by atoms with Crippen molar-refractivity contribution in [3.8, 4) is 0 Å². The van der Waals surface area contributed by atoms with Crippen LogP contribution in [0.1, 0.15) is 67.8 Å². The number of ketones is 1. The van der Waals surface area contributed by atoms with Gasteiger partial charge in [0, 0.05) is 17.7 Å². The summed E-state index contributed by atoms with van der Waals surface area (Å²) in [6.45, 7) is 2.78. The predicted octanol–water partition coefficient (Wildman–Crippen LogP) is 4.50. The number of hydrogen-bond donors (Lipinski definition) is 0. The van der Waals surface area contributed by atoms with Crippen molar-refractivity contribution in [2.45, 2.75) is 64.4 Å². The molecule has 0 aromatic heterocycles. The molecule has 0 N–H and O–H groups in total. The van der Waals surface area contributed by atoms with Crippen molar-refractivity contribution < 1.29 is 14.3 Å². The summed E-state index contributed by atoms with van der Waals surface area (Å²) in [5, 5.41) is 0. The average molecular weight is 315 g/mol. The van der Waals surface area contributed by atoms with Crippen LogP contribution in [-0.4, -0.2) is 24.5 Å². The zero-order valence-electron chi connectivity index (χ0n) is 13.8. The van der Waals surface area contributed by atoms with Crippen LogP contribution in [0.5, 0.6) is 0 Å². The first-order chi connectivity index (χ1) is 11.2. The second-order valence-electron chi connectivity index (χ2n) is 6.58. The maximum atomic E-state index is 12.1. The first kappa shape index (κ1) is 16.0. The molecule has 0 bridgehead atoms. The Morgan fingerprint density at radius 1 is 1.17 bits per heavy atom. The molecule has 1 aromatic carbocycles. The van der Waals surface area contributed by atoms with E-state index in [1.165, 1.54) is 19.3 Å². The molecule has 1 atom stereocenters. The molecule has 1 aromatic rings. The fourth-order valence-corrected chi connectivity index (χ4v) is 3.47. The number of nitrogens with zero attached hydrogens (tertiary/aromatic N) is 1. The van der Waals surface area contributed by atoms with Crippen LogP contribution in [0.3, 0.4) is 0 Å². The Labute approximate surface area is 137 Å². The molecule has 1 aliphatic heterocycles. The number of amides is 1. The summed E-state index contributed by atoms with van der Waals surface area (Å²) in [5.41, 5.74) is 2.68. The average Bonchev–Trinajstić information content (AvgIpc) is 2.93. The molecule has 1 amide bonds. The van der Waals surface area contributed by atoms with Gasteiger partial charge in [-0.1, -0.05) is 32.3 Å². The summed E-state index contributed by atoms with van der Waals surface area (Å²) in [6.07, 6.45) is 7.84. The van der Waals surface area contributed by atoms with Crippen molar-refractivity contribution in [1.82, 2.24) is 0 Å². The monoisotopic (exact) mass is 315 g/mol. The standard InChI is InChI=1S/C19H25NO3/c1-2-3-4-5-8-16-13-20(19(22)23-16)15-11-10-14-7-6-9-18(21)17(14)12-15/h10-12,16H,2-9,13H2,1H3/t16-/m0/s1. The Kier molecular flexibility index (Phi) is 4.99. The third-order valence-corrected chi connectivity index (χ3v) is 4.81. The molecule has 0 saturated carbocycles. The van der Waals surface area contributed by atoms with Crippen LogP contribution >= 0.6 is 0 Å². The van der Waals surface area contributed by atoms with E-state index in [0.717, 1.165) is 42.5 Å². The minimum Gasteiger partial charge on any atom is -0.444 e. The number of unbranched alkanes of at least 4 members (excludes halogenated alkanes) is 3. The summed E-state index contributed by atoms with van der Waals surface area (Å²) in [7, 11) is 0. The maximum absolute atomic E-state index is 12.1. The number of anilines is 1. The molecule has 0 spiro atoms. The van der Waals surface area contributed by atoms with Gasteiger partial charge < -0.3 is 4.74 Å². The molecule has 1 heterocycles. The highest BCUT2D eigenvalue weighted by Gasteiger charge is 2.32. The maximum Gasteiger partial charge on any atom is 0.414 e. The van der Waals surface area contributed by atoms with Crippen LogP contribution in [0, 0.1) is 0 Å². The van der Waals surface area contributed by atoms with E-state index in [4.69, 9.17) is 4.74 Å². The minimum absolute atomic E-state index is 0.0221. The molecule has 4 nitrogen and oxygen atoms in total. The molecule has 0 unspecified atom stereocenters. The fraction of sp³-hybridized carbons (Fsp3) is 0.579. The number of benzene rings is 1. The van der Waals surface area contributed by atoms with Gasteiger partial charge >= 0.3 is 6.09 Å². The Morgan fingerprint density at radius 2 is 2.04 bits per heavy atom. The number of Topliss-reactive ketones (excluding diaryl/α,β-unsaturated/α-hetero) is 1. The lowest BCUT2D eigenvalue weighted by atomic mass is 9.90. The van der Waals surface area contributed by atoms with Gasteiger partial charge in [-0.2, -0.15) is 0 Å². The molecule has 1 saturated heterocycles. The normalized spacial score (nSPS) is 20.6. The zero-order valence-corrected chi connectivity index (χ0v) is 13.8. The first-order valence-electron chi connectivity index (χ1n) is 8.83. The van der Waals surface area contributed by atoms with Gasteiger partial charge in [-0.05, 0) is 43.4 Å². The molecular weight excluding hydrogens is 290 g/mol. The molecule has 2 aliphatic rings. The molecule has 23 heavy (non-hydrogen) atoms. The van der Waals surface area contributed by atoms with E-state index in [2.05, 4.69) is 6.92 Å². The number of cyclic esters (lactones) is 1. The number of ether oxygens (including phenoxy) is 1. The first-order valence-corrected chi connectivity index (χ1v) is 8.83.